The summed E-state index contributed by atoms with van der Waals surface area (Å²) < 4.78 is 7.89. The molecular formula is C14H16N2OS. The maximum atomic E-state index is 5.85. The Labute approximate surface area is 112 Å². The van der Waals surface area contributed by atoms with Crippen LogP contribution in [0.2, 0.25) is 0 Å². The van der Waals surface area contributed by atoms with Crippen molar-refractivity contribution in [2.75, 3.05) is 17.6 Å². The molecule has 1 heterocycles. The molecule has 1 aromatic carbocycles. The van der Waals surface area contributed by atoms with Crippen LogP contribution in [0.4, 0.5) is 5.69 Å². The summed E-state index contributed by atoms with van der Waals surface area (Å²) in [6, 6.07) is 12.0. The fourth-order valence-corrected chi connectivity index (χ4v) is 1.90. The van der Waals surface area contributed by atoms with Crippen molar-refractivity contribution in [2.45, 2.75) is 6.61 Å². The Balaban J connectivity index is 2.10. The van der Waals surface area contributed by atoms with Gasteiger partial charge in [-0.05, 0) is 5.56 Å². The maximum absolute atomic E-state index is 5.85. The Morgan fingerprint density at radius 2 is 2.00 bits per heavy atom. The molecule has 0 aliphatic carbocycles. The molecule has 0 aliphatic rings. The third-order valence-electron chi connectivity index (χ3n) is 2.61. The average molecular weight is 260 g/mol. The Morgan fingerprint density at radius 3 is 2.72 bits per heavy atom. The minimum absolute atomic E-state index is 0.570. The maximum Gasteiger partial charge on any atom is 0.147 e. The Morgan fingerprint density at radius 1 is 1.22 bits per heavy atom. The number of hydrogen-bond acceptors (Lipinski definition) is 4. The smallest absolute Gasteiger partial charge is 0.147 e. The zero-order valence-corrected chi connectivity index (χ0v) is 11.4. The van der Waals surface area contributed by atoms with Gasteiger partial charge in [0.05, 0.1) is 6.20 Å². The van der Waals surface area contributed by atoms with Gasteiger partial charge in [-0.15, -0.1) is 0 Å². The van der Waals surface area contributed by atoms with Gasteiger partial charge >= 0.3 is 0 Å². The molecule has 18 heavy (non-hydrogen) atoms. The average Bonchev–Trinajstić information content (AvgIpc) is 2.45. The second-order valence-corrected chi connectivity index (χ2v) is 4.71. The molecule has 0 N–H and O–H groups in total. The molecule has 2 aromatic rings. The normalized spacial score (nSPS) is 10.1. The molecule has 1 aromatic heterocycles. The van der Waals surface area contributed by atoms with Crippen LogP contribution >= 0.6 is 11.9 Å². The minimum Gasteiger partial charge on any atom is -0.487 e. The highest BCUT2D eigenvalue weighted by Gasteiger charge is 2.07. The predicted molar refractivity (Wildman–Crippen MR) is 76.9 cm³/mol. The van der Waals surface area contributed by atoms with Crippen molar-refractivity contribution in [2.24, 2.45) is 0 Å². The lowest BCUT2D eigenvalue weighted by Gasteiger charge is -2.18. The van der Waals surface area contributed by atoms with E-state index >= 15 is 0 Å². The second-order valence-electron chi connectivity index (χ2n) is 3.80. The topological polar surface area (TPSA) is 25.4 Å². The number of hydrogen-bond donors (Lipinski definition) is 0. The Hall–Kier alpha value is -1.68. The molecule has 0 saturated carbocycles. The molecular weight excluding hydrogens is 244 g/mol. The minimum atomic E-state index is 0.570. The molecule has 2 rings (SSSR count). The quantitative estimate of drug-likeness (QED) is 0.770. The molecule has 0 aliphatic heterocycles. The number of rotatable bonds is 5. The molecule has 0 spiro atoms. The molecule has 0 saturated heterocycles. The number of benzene rings is 1. The highest BCUT2D eigenvalue weighted by molar-refractivity contribution is 7.99. The van der Waals surface area contributed by atoms with E-state index in [2.05, 4.69) is 17.1 Å². The number of nitrogens with zero attached hydrogens (tertiary/aromatic N) is 2. The fraction of sp³-hybridized carbons (Fsp3) is 0.214. The molecule has 0 atom stereocenters. The molecule has 94 valence electrons. The lowest BCUT2D eigenvalue weighted by molar-refractivity contribution is 0.307. The Kier molecular flexibility index (Phi) is 4.47. The first-order valence-electron chi connectivity index (χ1n) is 5.70. The third kappa shape index (κ3) is 3.17. The van der Waals surface area contributed by atoms with Crippen molar-refractivity contribution in [1.29, 1.82) is 0 Å². The molecule has 0 amide bonds. The molecule has 0 fully saturated rings. The second kappa shape index (κ2) is 6.31. The van der Waals surface area contributed by atoms with E-state index in [0.717, 1.165) is 17.0 Å². The van der Waals surface area contributed by atoms with Gasteiger partial charge in [0.1, 0.15) is 18.0 Å². The van der Waals surface area contributed by atoms with Crippen molar-refractivity contribution in [3.63, 3.8) is 0 Å². The lowest BCUT2D eigenvalue weighted by Crippen LogP contribution is -2.08. The zero-order valence-electron chi connectivity index (χ0n) is 10.5. The van der Waals surface area contributed by atoms with Gasteiger partial charge in [-0.25, -0.2) is 0 Å². The lowest BCUT2D eigenvalue weighted by atomic mass is 10.2. The molecule has 0 radical (unpaired) electrons. The number of pyridine rings is 1. The van der Waals surface area contributed by atoms with E-state index in [0.29, 0.717) is 6.61 Å². The SMILES string of the molecule is CSN(C)c1cnccc1OCc1ccccc1. The first-order chi connectivity index (χ1) is 8.81. The summed E-state index contributed by atoms with van der Waals surface area (Å²) in [7, 11) is 2.00. The molecule has 3 nitrogen and oxygen atoms in total. The predicted octanol–water partition coefficient (Wildman–Crippen LogP) is 3.37. The summed E-state index contributed by atoms with van der Waals surface area (Å²) in [5, 5.41) is 0. The van der Waals surface area contributed by atoms with Gasteiger partial charge in [0.15, 0.2) is 0 Å². The Bertz CT molecular complexity index is 490. The van der Waals surface area contributed by atoms with E-state index in [1.165, 1.54) is 0 Å². The third-order valence-corrected chi connectivity index (χ3v) is 3.36. The zero-order chi connectivity index (χ0) is 12.8. The summed E-state index contributed by atoms with van der Waals surface area (Å²) in [5.41, 5.74) is 2.15. The van der Waals surface area contributed by atoms with Crippen molar-refractivity contribution in [3.8, 4) is 5.75 Å². The van der Waals surface area contributed by atoms with Crippen LogP contribution in [-0.4, -0.2) is 18.3 Å². The molecule has 0 bridgehead atoms. The van der Waals surface area contributed by atoms with E-state index in [9.17, 15) is 0 Å². The van der Waals surface area contributed by atoms with E-state index in [1.807, 2.05) is 48.1 Å². The summed E-state index contributed by atoms with van der Waals surface area (Å²) in [4.78, 5) is 4.13. The van der Waals surface area contributed by atoms with Crippen molar-refractivity contribution in [1.82, 2.24) is 4.98 Å². The number of aromatic nitrogens is 1. The van der Waals surface area contributed by atoms with Crippen LogP contribution in [0, 0.1) is 0 Å². The monoisotopic (exact) mass is 260 g/mol. The standard InChI is InChI=1S/C14H16N2OS/c1-16(18-2)13-10-15-9-8-14(13)17-11-12-6-4-3-5-7-12/h3-10H,11H2,1-2H3. The van der Waals surface area contributed by atoms with E-state index in [-0.39, 0.29) is 0 Å². The molecule has 0 unspecified atom stereocenters. The van der Waals surface area contributed by atoms with Gasteiger partial charge < -0.3 is 9.04 Å². The summed E-state index contributed by atoms with van der Waals surface area (Å²) >= 11 is 1.63. The fourth-order valence-electron chi connectivity index (χ4n) is 1.57. The highest BCUT2D eigenvalue weighted by atomic mass is 32.2. The van der Waals surface area contributed by atoms with E-state index < -0.39 is 0 Å². The van der Waals surface area contributed by atoms with Crippen molar-refractivity contribution < 1.29 is 4.74 Å². The first kappa shape index (κ1) is 12.8. The van der Waals surface area contributed by atoms with Gasteiger partial charge in [-0.3, -0.25) is 4.98 Å². The molecule has 4 heteroatoms. The van der Waals surface area contributed by atoms with Crippen LogP contribution in [0.3, 0.4) is 0 Å². The van der Waals surface area contributed by atoms with E-state index in [1.54, 1.807) is 18.1 Å². The number of anilines is 1. The van der Waals surface area contributed by atoms with Gasteiger partial charge in [-0.1, -0.05) is 42.3 Å². The number of ether oxygens (including phenoxy) is 1. The van der Waals surface area contributed by atoms with Crippen molar-refractivity contribution >= 4 is 17.6 Å². The van der Waals surface area contributed by atoms with Crippen LogP contribution in [0.25, 0.3) is 0 Å². The highest BCUT2D eigenvalue weighted by Crippen LogP contribution is 2.29. The van der Waals surface area contributed by atoms with Crippen LogP contribution in [0.15, 0.2) is 48.8 Å². The van der Waals surface area contributed by atoms with Gasteiger partial charge in [0.25, 0.3) is 0 Å². The van der Waals surface area contributed by atoms with Gasteiger partial charge in [0.2, 0.25) is 0 Å². The largest absolute Gasteiger partial charge is 0.487 e. The summed E-state index contributed by atoms with van der Waals surface area (Å²) in [6.45, 7) is 0.570. The van der Waals surface area contributed by atoms with Crippen molar-refractivity contribution in [3.05, 3.63) is 54.4 Å². The first-order valence-corrected chi connectivity index (χ1v) is 6.88. The summed E-state index contributed by atoms with van der Waals surface area (Å²) in [5.74, 6) is 0.853. The van der Waals surface area contributed by atoms with Crippen LogP contribution in [-0.2, 0) is 6.61 Å². The van der Waals surface area contributed by atoms with Gasteiger partial charge in [-0.2, -0.15) is 0 Å². The van der Waals surface area contributed by atoms with E-state index in [4.69, 9.17) is 4.74 Å². The van der Waals surface area contributed by atoms with Crippen LogP contribution < -0.4 is 9.04 Å². The van der Waals surface area contributed by atoms with Crippen LogP contribution in [0.5, 0.6) is 5.75 Å². The summed E-state index contributed by atoms with van der Waals surface area (Å²) in [6.07, 6.45) is 5.59. The van der Waals surface area contributed by atoms with Gasteiger partial charge in [0, 0.05) is 25.6 Å². The van der Waals surface area contributed by atoms with Crippen LogP contribution in [0.1, 0.15) is 5.56 Å².